The number of aromatic nitrogens is 8. The van der Waals surface area contributed by atoms with Gasteiger partial charge in [-0.3, -0.25) is 0 Å². The van der Waals surface area contributed by atoms with E-state index in [1.807, 2.05) is 64.1 Å². The van der Waals surface area contributed by atoms with Gasteiger partial charge >= 0.3 is 0 Å². The van der Waals surface area contributed by atoms with Crippen LogP contribution in [0.1, 0.15) is 22.8 Å². The third-order valence-corrected chi connectivity index (χ3v) is 12.4. The third-order valence-electron chi connectivity index (χ3n) is 12.4. The molecule has 0 amide bonds. The monoisotopic (exact) mass is 865 g/mol. The summed E-state index contributed by atoms with van der Waals surface area (Å²) < 4.78 is 4.67. The molecule has 0 aliphatic carbocycles. The van der Waals surface area contributed by atoms with Gasteiger partial charge in [0, 0.05) is 50.8 Å². The van der Waals surface area contributed by atoms with E-state index in [1.54, 1.807) is 0 Å². The van der Waals surface area contributed by atoms with Crippen LogP contribution in [0.5, 0.6) is 0 Å². The van der Waals surface area contributed by atoms with Gasteiger partial charge in [0.15, 0.2) is 5.82 Å². The van der Waals surface area contributed by atoms with Crippen LogP contribution in [0.2, 0.25) is 0 Å². The maximum atomic E-state index is 5.44. The molecule has 0 aliphatic heterocycles. The minimum Gasteiger partial charge on any atom is -0.307 e. The van der Waals surface area contributed by atoms with Crippen LogP contribution in [0, 0.1) is 27.7 Å². The zero-order chi connectivity index (χ0) is 45.2. The van der Waals surface area contributed by atoms with Crippen LogP contribution in [-0.2, 0) is 0 Å². The molecule has 12 aromatic rings. The van der Waals surface area contributed by atoms with E-state index in [-0.39, 0.29) is 0 Å². The van der Waals surface area contributed by atoms with Crippen molar-refractivity contribution < 1.29 is 0 Å². The summed E-state index contributed by atoms with van der Waals surface area (Å²) in [6.07, 6.45) is 0. The van der Waals surface area contributed by atoms with Gasteiger partial charge in [0.05, 0.1) is 50.5 Å². The molecule has 0 saturated heterocycles. The fourth-order valence-electron chi connectivity index (χ4n) is 9.35. The van der Waals surface area contributed by atoms with Crippen molar-refractivity contribution in [2.24, 2.45) is 0 Å². The highest BCUT2D eigenvalue weighted by Gasteiger charge is 2.29. The fraction of sp³-hybridized carbons (Fsp3) is 0.0690. The van der Waals surface area contributed by atoms with E-state index >= 15 is 0 Å². The van der Waals surface area contributed by atoms with Crippen molar-refractivity contribution in [2.45, 2.75) is 27.7 Å². The molecule has 0 saturated carbocycles. The van der Waals surface area contributed by atoms with E-state index in [2.05, 4.69) is 166 Å². The maximum Gasteiger partial charge on any atom is 0.160 e. The Morgan fingerprint density at radius 3 is 1.06 bits per heavy atom. The second-order valence-corrected chi connectivity index (χ2v) is 17.0. The van der Waals surface area contributed by atoms with E-state index in [1.165, 1.54) is 0 Å². The number of anilines is 3. The second-order valence-electron chi connectivity index (χ2n) is 17.0. The maximum absolute atomic E-state index is 5.44. The lowest BCUT2D eigenvalue weighted by atomic mass is 10.0. The number of aryl methyl sites for hydroxylation is 4. The summed E-state index contributed by atoms with van der Waals surface area (Å²) in [5.74, 6) is 0.631. The number of pyridine rings is 4. The lowest BCUT2D eigenvalue weighted by Crippen LogP contribution is -2.17. The molecule has 0 atom stereocenters. The molecule has 0 spiro atoms. The minimum absolute atomic E-state index is 0.631. The van der Waals surface area contributed by atoms with Crippen LogP contribution in [0.4, 0.5) is 17.1 Å². The molecule has 9 heteroatoms. The molecule has 0 aliphatic rings. The number of hydrogen-bond donors (Lipinski definition) is 0. The number of rotatable bonds is 8. The fourth-order valence-corrected chi connectivity index (χ4v) is 9.35. The minimum atomic E-state index is 0.631. The normalized spacial score (nSPS) is 11.6. The van der Waals surface area contributed by atoms with Gasteiger partial charge in [-0.15, -0.1) is 0 Å². The topological polar surface area (TPSA) is 90.4 Å². The molecule has 12 rings (SSSR count). The second kappa shape index (κ2) is 16.0. The van der Waals surface area contributed by atoms with Crippen molar-refractivity contribution in [1.82, 2.24) is 39.0 Å². The Kier molecular flexibility index (Phi) is 9.50. The van der Waals surface area contributed by atoms with Crippen LogP contribution < -0.4 is 4.90 Å². The highest BCUT2D eigenvalue weighted by Crippen LogP contribution is 2.48. The molecule has 0 bridgehead atoms. The van der Waals surface area contributed by atoms with Crippen LogP contribution in [-0.4, -0.2) is 39.0 Å². The quantitative estimate of drug-likeness (QED) is 0.150. The highest BCUT2D eigenvalue weighted by molar-refractivity contribution is 6.09. The van der Waals surface area contributed by atoms with Crippen molar-refractivity contribution in [3.63, 3.8) is 0 Å². The third kappa shape index (κ3) is 6.87. The zero-order valence-electron chi connectivity index (χ0n) is 37.4. The van der Waals surface area contributed by atoms with E-state index < -0.39 is 0 Å². The van der Waals surface area contributed by atoms with Crippen LogP contribution in [0.25, 0.3) is 89.4 Å². The standard InChI is InChI=1S/C58H43N9/c1-36-25-29-47-53(59-36)54-48(30-26-37(2)60-54)66(47)51-33-42(46-35-45(40-17-9-5-10-18-40)63-58(64-46)41-19-11-6-12-20-41)34-52(57(51)65(43-21-13-7-14-22-43)44-23-15-8-16-24-44)67-49-31-27-38(3)61-55(49)56-50(67)32-28-39(4)62-56/h5-35H,1-4H3. The molecule has 0 N–H and O–H groups in total. The number of benzene rings is 5. The molecule has 67 heavy (non-hydrogen) atoms. The number of hydrogen-bond acceptors (Lipinski definition) is 7. The molecule has 320 valence electrons. The van der Waals surface area contributed by atoms with Crippen molar-refractivity contribution in [2.75, 3.05) is 4.90 Å². The Hall–Kier alpha value is -8.82. The average Bonchev–Trinajstić information content (AvgIpc) is 3.85. The number of para-hydroxylation sites is 2. The Bertz CT molecular complexity index is 3480. The molecular formula is C58H43N9. The Balaban J connectivity index is 1.31. The van der Waals surface area contributed by atoms with E-state index in [4.69, 9.17) is 29.9 Å². The van der Waals surface area contributed by atoms with E-state index in [0.717, 1.165) is 123 Å². The van der Waals surface area contributed by atoms with Gasteiger partial charge in [-0.1, -0.05) is 97.1 Å². The lowest BCUT2D eigenvalue weighted by molar-refractivity contribution is 1.09. The largest absolute Gasteiger partial charge is 0.307 e. The number of fused-ring (bicyclic) bond motifs is 6. The molecule has 7 heterocycles. The van der Waals surface area contributed by atoms with Crippen molar-refractivity contribution >= 4 is 61.2 Å². The van der Waals surface area contributed by atoms with Crippen molar-refractivity contribution in [3.8, 4) is 45.3 Å². The summed E-state index contributed by atoms with van der Waals surface area (Å²) in [6.45, 7) is 8.14. The first kappa shape index (κ1) is 39.7. The van der Waals surface area contributed by atoms with Gasteiger partial charge in [0.25, 0.3) is 0 Å². The van der Waals surface area contributed by atoms with Crippen molar-refractivity contribution in [1.29, 1.82) is 0 Å². The summed E-state index contributed by atoms with van der Waals surface area (Å²) >= 11 is 0. The van der Waals surface area contributed by atoms with Crippen molar-refractivity contribution in [3.05, 3.63) is 211 Å². The van der Waals surface area contributed by atoms with Gasteiger partial charge < -0.3 is 14.0 Å². The first-order chi connectivity index (χ1) is 32.9. The van der Waals surface area contributed by atoms with Gasteiger partial charge in [0.2, 0.25) is 0 Å². The summed E-state index contributed by atoms with van der Waals surface area (Å²) in [4.78, 5) is 33.7. The summed E-state index contributed by atoms with van der Waals surface area (Å²) in [5.41, 5.74) is 19.8. The zero-order valence-corrected chi connectivity index (χ0v) is 37.4. The molecule has 7 aromatic heterocycles. The Morgan fingerprint density at radius 1 is 0.328 bits per heavy atom. The molecule has 5 aromatic carbocycles. The Labute approximate surface area is 387 Å². The SMILES string of the molecule is Cc1ccc2c(n1)c1nc(C)ccc1n2-c1cc(-c2cc(-c3ccccc3)nc(-c3ccccc3)n2)cc(-n2c3ccc(C)nc3c3nc(C)ccc32)c1N(c1ccccc1)c1ccccc1. The highest BCUT2D eigenvalue weighted by atomic mass is 15.2. The predicted octanol–water partition coefficient (Wildman–Crippen LogP) is 14.0. The predicted molar refractivity (Wildman–Crippen MR) is 272 cm³/mol. The van der Waals surface area contributed by atoms with E-state index in [0.29, 0.717) is 5.82 Å². The molecule has 0 radical (unpaired) electrons. The lowest BCUT2D eigenvalue weighted by Gasteiger charge is -2.31. The van der Waals surface area contributed by atoms with Crippen LogP contribution >= 0.6 is 0 Å². The van der Waals surface area contributed by atoms with Crippen LogP contribution in [0.15, 0.2) is 188 Å². The summed E-state index contributed by atoms with van der Waals surface area (Å²) in [7, 11) is 0. The first-order valence-electron chi connectivity index (χ1n) is 22.5. The summed E-state index contributed by atoms with van der Waals surface area (Å²) in [6, 6.07) is 65.4. The first-order valence-corrected chi connectivity index (χ1v) is 22.5. The Morgan fingerprint density at radius 2 is 0.672 bits per heavy atom. The molecular weight excluding hydrogens is 823 g/mol. The molecule has 0 fully saturated rings. The average molecular weight is 866 g/mol. The molecule has 9 nitrogen and oxygen atoms in total. The van der Waals surface area contributed by atoms with Crippen LogP contribution in [0.3, 0.4) is 0 Å². The van der Waals surface area contributed by atoms with Gasteiger partial charge in [-0.2, -0.15) is 0 Å². The van der Waals surface area contributed by atoms with Gasteiger partial charge in [0.1, 0.15) is 22.1 Å². The number of nitrogens with zero attached hydrogens (tertiary/aromatic N) is 9. The molecule has 0 unspecified atom stereocenters. The van der Waals surface area contributed by atoms with E-state index in [9.17, 15) is 0 Å². The van der Waals surface area contributed by atoms with Gasteiger partial charge in [-0.25, -0.2) is 29.9 Å². The summed E-state index contributed by atoms with van der Waals surface area (Å²) in [5, 5.41) is 0. The smallest absolute Gasteiger partial charge is 0.160 e. The van der Waals surface area contributed by atoms with Gasteiger partial charge in [-0.05, 0) is 119 Å².